The highest BCUT2D eigenvalue weighted by Crippen LogP contribution is 2.33. The zero-order valence-corrected chi connectivity index (χ0v) is 12.4. The molecule has 0 aliphatic heterocycles. The van der Waals surface area contributed by atoms with Crippen LogP contribution < -0.4 is 4.74 Å². The molecule has 1 heterocycles. The zero-order chi connectivity index (χ0) is 14.7. The molecule has 0 spiro atoms. The van der Waals surface area contributed by atoms with Gasteiger partial charge in [0.15, 0.2) is 0 Å². The second kappa shape index (κ2) is 5.94. The molecule has 0 unspecified atom stereocenters. The van der Waals surface area contributed by atoms with Crippen LogP contribution in [-0.2, 0) is 0 Å². The first kappa shape index (κ1) is 14.4. The first-order valence-corrected chi connectivity index (χ1v) is 6.73. The van der Waals surface area contributed by atoms with Crippen LogP contribution in [0.5, 0.6) is 11.6 Å². The Bertz CT molecular complexity index is 675. The molecule has 1 aromatic heterocycles. The second-order valence-electron chi connectivity index (χ2n) is 4.86. The second-order valence-corrected chi connectivity index (χ2v) is 5.27. The molecule has 2 rings (SSSR count). The number of rotatable bonds is 3. The van der Waals surface area contributed by atoms with Crippen LogP contribution in [-0.4, -0.2) is 4.98 Å². The fraction of sp³-hybridized carbons (Fsp3) is 0.250. The van der Waals surface area contributed by atoms with Crippen LogP contribution in [0.25, 0.3) is 0 Å². The van der Waals surface area contributed by atoms with Crippen LogP contribution in [0.1, 0.15) is 36.5 Å². The lowest BCUT2D eigenvalue weighted by atomic mass is 10.0. The first-order chi connectivity index (χ1) is 9.52. The standard InChI is InChI=1S/C16H15ClN2O/c1-10(2)13-8-15(11(3)7-14(13)17)20-16-12(9-18)5-4-6-19-16/h4-8,10H,1-3H3. The van der Waals surface area contributed by atoms with Gasteiger partial charge in [-0.1, -0.05) is 25.4 Å². The summed E-state index contributed by atoms with van der Waals surface area (Å²) in [5.41, 5.74) is 2.34. The average molecular weight is 287 g/mol. The Balaban J connectivity index is 2.44. The Labute approximate surface area is 123 Å². The monoisotopic (exact) mass is 286 g/mol. The highest BCUT2D eigenvalue weighted by molar-refractivity contribution is 6.31. The van der Waals surface area contributed by atoms with Crippen molar-refractivity contribution in [2.75, 3.05) is 0 Å². The molecule has 0 radical (unpaired) electrons. The van der Waals surface area contributed by atoms with Crippen LogP contribution in [0, 0.1) is 18.3 Å². The maximum Gasteiger partial charge on any atom is 0.237 e. The van der Waals surface area contributed by atoms with E-state index in [1.807, 2.05) is 19.1 Å². The van der Waals surface area contributed by atoms with Crippen molar-refractivity contribution in [3.8, 4) is 17.7 Å². The highest BCUT2D eigenvalue weighted by Gasteiger charge is 2.12. The molecule has 0 fully saturated rings. The van der Waals surface area contributed by atoms with E-state index in [1.54, 1.807) is 18.3 Å². The van der Waals surface area contributed by atoms with E-state index in [0.717, 1.165) is 16.1 Å². The van der Waals surface area contributed by atoms with Gasteiger partial charge in [-0.2, -0.15) is 5.26 Å². The van der Waals surface area contributed by atoms with E-state index in [4.69, 9.17) is 21.6 Å². The molecule has 1 aromatic carbocycles. The summed E-state index contributed by atoms with van der Waals surface area (Å²) in [5, 5.41) is 9.79. The number of aromatic nitrogens is 1. The van der Waals surface area contributed by atoms with Crippen molar-refractivity contribution < 1.29 is 4.74 Å². The van der Waals surface area contributed by atoms with Gasteiger partial charge < -0.3 is 4.74 Å². The van der Waals surface area contributed by atoms with Crippen molar-refractivity contribution in [2.45, 2.75) is 26.7 Å². The molecule has 3 nitrogen and oxygen atoms in total. The number of hydrogen-bond acceptors (Lipinski definition) is 3. The van der Waals surface area contributed by atoms with Crippen molar-refractivity contribution >= 4 is 11.6 Å². The molecule has 4 heteroatoms. The molecule has 0 atom stereocenters. The quantitative estimate of drug-likeness (QED) is 0.812. The van der Waals surface area contributed by atoms with Gasteiger partial charge in [-0.25, -0.2) is 4.98 Å². The van der Waals surface area contributed by atoms with Gasteiger partial charge >= 0.3 is 0 Å². The van der Waals surface area contributed by atoms with E-state index in [0.29, 0.717) is 23.1 Å². The zero-order valence-electron chi connectivity index (χ0n) is 11.6. The summed E-state index contributed by atoms with van der Waals surface area (Å²) in [6.45, 7) is 6.06. The summed E-state index contributed by atoms with van der Waals surface area (Å²) in [5.74, 6) is 1.29. The van der Waals surface area contributed by atoms with E-state index in [1.165, 1.54) is 0 Å². The van der Waals surface area contributed by atoms with E-state index in [2.05, 4.69) is 24.9 Å². The summed E-state index contributed by atoms with van der Waals surface area (Å²) in [6.07, 6.45) is 1.60. The van der Waals surface area contributed by atoms with Gasteiger partial charge in [0.05, 0.1) is 0 Å². The molecule has 20 heavy (non-hydrogen) atoms. The molecular weight excluding hydrogens is 272 g/mol. The largest absolute Gasteiger partial charge is 0.437 e. The Morgan fingerprint density at radius 2 is 2.10 bits per heavy atom. The summed E-state index contributed by atoms with van der Waals surface area (Å²) in [7, 11) is 0. The minimum absolute atomic E-state index is 0.296. The molecule has 0 aliphatic rings. The van der Waals surface area contributed by atoms with Crippen LogP contribution in [0.2, 0.25) is 5.02 Å². The van der Waals surface area contributed by atoms with Crippen molar-refractivity contribution in [1.29, 1.82) is 5.26 Å². The fourth-order valence-corrected chi connectivity index (χ4v) is 2.32. The number of nitriles is 1. The lowest BCUT2D eigenvalue weighted by Gasteiger charge is -2.14. The van der Waals surface area contributed by atoms with Crippen molar-refractivity contribution in [1.82, 2.24) is 4.98 Å². The Hall–Kier alpha value is -2.05. The minimum atomic E-state index is 0.296. The predicted molar refractivity (Wildman–Crippen MR) is 79.3 cm³/mol. The number of nitrogens with zero attached hydrogens (tertiary/aromatic N) is 2. The van der Waals surface area contributed by atoms with Crippen LogP contribution in [0.15, 0.2) is 30.5 Å². The van der Waals surface area contributed by atoms with Gasteiger partial charge in [-0.3, -0.25) is 0 Å². The maximum absolute atomic E-state index is 9.06. The number of pyridine rings is 1. The highest BCUT2D eigenvalue weighted by atomic mass is 35.5. The van der Waals surface area contributed by atoms with Crippen molar-refractivity contribution in [3.05, 3.63) is 52.2 Å². The number of halogens is 1. The Kier molecular flexibility index (Phi) is 4.26. The number of hydrogen-bond donors (Lipinski definition) is 0. The molecular formula is C16H15ClN2O. The SMILES string of the molecule is Cc1cc(Cl)c(C(C)C)cc1Oc1ncccc1C#N. The molecule has 2 aromatic rings. The first-order valence-electron chi connectivity index (χ1n) is 6.36. The van der Waals surface area contributed by atoms with Gasteiger partial charge in [0.25, 0.3) is 0 Å². The van der Waals surface area contributed by atoms with Crippen LogP contribution >= 0.6 is 11.6 Å². The fourth-order valence-electron chi connectivity index (χ4n) is 1.88. The Morgan fingerprint density at radius 3 is 2.75 bits per heavy atom. The molecule has 0 bridgehead atoms. The number of ether oxygens (including phenoxy) is 1. The summed E-state index contributed by atoms with van der Waals surface area (Å²) in [6, 6.07) is 9.25. The summed E-state index contributed by atoms with van der Waals surface area (Å²) >= 11 is 6.23. The molecule has 0 saturated carbocycles. The van der Waals surface area contributed by atoms with Crippen molar-refractivity contribution in [3.63, 3.8) is 0 Å². The number of benzene rings is 1. The molecule has 0 N–H and O–H groups in total. The third-order valence-electron chi connectivity index (χ3n) is 3.01. The predicted octanol–water partition coefficient (Wildman–Crippen LogP) is 4.83. The lowest BCUT2D eigenvalue weighted by molar-refractivity contribution is 0.457. The van der Waals surface area contributed by atoms with Gasteiger partial charge in [0.1, 0.15) is 17.4 Å². The minimum Gasteiger partial charge on any atom is -0.437 e. The normalized spacial score (nSPS) is 10.4. The Morgan fingerprint density at radius 1 is 1.35 bits per heavy atom. The van der Waals surface area contributed by atoms with Gasteiger partial charge in [0, 0.05) is 11.2 Å². The average Bonchev–Trinajstić information content (AvgIpc) is 2.42. The van der Waals surface area contributed by atoms with Gasteiger partial charge in [-0.15, -0.1) is 0 Å². The summed E-state index contributed by atoms with van der Waals surface area (Å²) < 4.78 is 5.78. The molecule has 0 saturated heterocycles. The third-order valence-corrected chi connectivity index (χ3v) is 3.34. The van der Waals surface area contributed by atoms with E-state index >= 15 is 0 Å². The molecule has 102 valence electrons. The van der Waals surface area contributed by atoms with E-state index in [-0.39, 0.29) is 0 Å². The topological polar surface area (TPSA) is 45.9 Å². The molecule has 0 aliphatic carbocycles. The third kappa shape index (κ3) is 2.92. The maximum atomic E-state index is 9.06. The van der Waals surface area contributed by atoms with E-state index in [9.17, 15) is 0 Å². The van der Waals surface area contributed by atoms with Gasteiger partial charge in [-0.05, 0) is 48.2 Å². The van der Waals surface area contributed by atoms with E-state index < -0.39 is 0 Å². The van der Waals surface area contributed by atoms with Crippen molar-refractivity contribution in [2.24, 2.45) is 0 Å². The molecule has 0 amide bonds. The van der Waals surface area contributed by atoms with Crippen LogP contribution in [0.3, 0.4) is 0 Å². The van der Waals surface area contributed by atoms with Crippen LogP contribution in [0.4, 0.5) is 0 Å². The lowest BCUT2D eigenvalue weighted by Crippen LogP contribution is -1.96. The van der Waals surface area contributed by atoms with Gasteiger partial charge in [0.2, 0.25) is 5.88 Å². The smallest absolute Gasteiger partial charge is 0.237 e. The summed E-state index contributed by atoms with van der Waals surface area (Å²) in [4.78, 5) is 4.11. The number of aryl methyl sites for hydroxylation is 1.